The van der Waals surface area contributed by atoms with Gasteiger partial charge in [0.15, 0.2) is 0 Å². The van der Waals surface area contributed by atoms with Crippen LogP contribution < -0.4 is 10.2 Å². The standard InChI is InChI=1S/C20H22N2O2S/c1-14-7-8-16(15(2)13-14)21-19(23)9-10-20(24)22-11-12-25-18-6-4-3-5-17(18)22/h3-8,13H,9-12H2,1-2H3,(H,21,23). The molecule has 0 unspecified atom stereocenters. The summed E-state index contributed by atoms with van der Waals surface area (Å²) in [6, 6.07) is 13.8. The zero-order chi connectivity index (χ0) is 17.8. The summed E-state index contributed by atoms with van der Waals surface area (Å²) in [5.41, 5.74) is 3.95. The summed E-state index contributed by atoms with van der Waals surface area (Å²) in [4.78, 5) is 27.7. The Kier molecular flexibility index (Phi) is 5.43. The highest BCUT2D eigenvalue weighted by Gasteiger charge is 2.22. The van der Waals surface area contributed by atoms with Crippen molar-refractivity contribution in [3.05, 3.63) is 53.6 Å². The first-order valence-corrected chi connectivity index (χ1v) is 9.42. The van der Waals surface area contributed by atoms with Gasteiger partial charge in [-0.05, 0) is 37.6 Å². The summed E-state index contributed by atoms with van der Waals surface area (Å²) < 4.78 is 0. The van der Waals surface area contributed by atoms with E-state index in [1.54, 1.807) is 16.7 Å². The van der Waals surface area contributed by atoms with Gasteiger partial charge < -0.3 is 10.2 Å². The smallest absolute Gasteiger partial charge is 0.227 e. The Labute approximate surface area is 152 Å². The molecule has 0 fully saturated rings. The Morgan fingerprint density at radius 1 is 1.12 bits per heavy atom. The maximum absolute atomic E-state index is 12.6. The van der Waals surface area contributed by atoms with Gasteiger partial charge in [-0.25, -0.2) is 0 Å². The van der Waals surface area contributed by atoms with Crippen LogP contribution in [-0.2, 0) is 9.59 Å². The molecular weight excluding hydrogens is 332 g/mol. The number of thioether (sulfide) groups is 1. The summed E-state index contributed by atoms with van der Waals surface area (Å²) in [6.45, 7) is 4.68. The summed E-state index contributed by atoms with van der Waals surface area (Å²) in [6.07, 6.45) is 0.410. The lowest BCUT2D eigenvalue weighted by molar-refractivity contribution is -0.122. The molecule has 0 spiro atoms. The van der Waals surface area contributed by atoms with Crippen LogP contribution in [0.4, 0.5) is 11.4 Å². The molecule has 2 amide bonds. The highest BCUT2D eigenvalue weighted by Crippen LogP contribution is 2.34. The van der Waals surface area contributed by atoms with E-state index in [9.17, 15) is 9.59 Å². The van der Waals surface area contributed by atoms with Gasteiger partial charge in [-0.15, -0.1) is 11.8 Å². The van der Waals surface area contributed by atoms with Crippen molar-refractivity contribution in [2.45, 2.75) is 31.6 Å². The van der Waals surface area contributed by atoms with Crippen molar-refractivity contribution in [1.29, 1.82) is 0 Å². The number of para-hydroxylation sites is 1. The van der Waals surface area contributed by atoms with Crippen LogP contribution in [0.5, 0.6) is 0 Å². The summed E-state index contributed by atoms with van der Waals surface area (Å²) in [5.74, 6) is 0.765. The van der Waals surface area contributed by atoms with E-state index in [4.69, 9.17) is 0 Å². The van der Waals surface area contributed by atoms with Gasteiger partial charge >= 0.3 is 0 Å². The number of nitrogens with one attached hydrogen (secondary N) is 1. The van der Waals surface area contributed by atoms with E-state index >= 15 is 0 Å². The van der Waals surface area contributed by atoms with Crippen molar-refractivity contribution >= 4 is 35.0 Å². The molecule has 0 bridgehead atoms. The lowest BCUT2D eigenvalue weighted by atomic mass is 10.1. The molecule has 4 nitrogen and oxygen atoms in total. The molecule has 0 atom stereocenters. The molecule has 5 heteroatoms. The average molecular weight is 354 g/mol. The first kappa shape index (κ1) is 17.5. The number of carbonyl (C=O) groups is 2. The van der Waals surface area contributed by atoms with E-state index in [1.807, 2.05) is 56.3 Å². The molecule has 0 aliphatic carbocycles. The van der Waals surface area contributed by atoms with Crippen molar-refractivity contribution in [2.75, 3.05) is 22.5 Å². The predicted octanol–water partition coefficient (Wildman–Crippen LogP) is 4.16. The third kappa shape index (κ3) is 4.23. The maximum Gasteiger partial charge on any atom is 0.227 e. The van der Waals surface area contributed by atoms with Crippen LogP contribution in [0.2, 0.25) is 0 Å². The van der Waals surface area contributed by atoms with Crippen molar-refractivity contribution < 1.29 is 9.59 Å². The van der Waals surface area contributed by atoms with Crippen LogP contribution in [0.25, 0.3) is 0 Å². The quantitative estimate of drug-likeness (QED) is 0.897. The fraction of sp³-hybridized carbons (Fsp3) is 0.300. The third-order valence-electron chi connectivity index (χ3n) is 4.25. The molecule has 3 rings (SSSR count). The molecule has 0 radical (unpaired) electrons. The largest absolute Gasteiger partial charge is 0.326 e. The van der Waals surface area contributed by atoms with E-state index in [-0.39, 0.29) is 24.7 Å². The lowest BCUT2D eigenvalue weighted by Crippen LogP contribution is -2.35. The van der Waals surface area contributed by atoms with E-state index in [2.05, 4.69) is 5.32 Å². The number of rotatable bonds is 4. The molecule has 130 valence electrons. The molecule has 2 aromatic rings. The molecule has 0 aromatic heterocycles. The fourth-order valence-corrected chi connectivity index (χ4v) is 3.95. The predicted molar refractivity (Wildman–Crippen MR) is 103 cm³/mol. The summed E-state index contributed by atoms with van der Waals surface area (Å²) >= 11 is 1.77. The minimum absolute atomic E-state index is 0.00327. The number of nitrogens with zero attached hydrogens (tertiary/aromatic N) is 1. The van der Waals surface area contributed by atoms with Gasteiger partial charge in [-0.1, -0.05) is 29.8 Å². The van der Waals surface area contributed by atoms with Gasteiger partial charge in [0.05, 0.1) is 5.69 Å². The number of carbonyl (C=O) groups excluding carboxylic acids is 2. The fourth-order valence-electron chi connectivity index (χ4n) is 2.95. The zero-order valence-electron chi connectivity index (χ0n) is 14.5. The molecule has 25 heavy (non-hydrogen) atoms. The summed E-state index contributed by atoms with van der Waals surface area (Å²) in [5, 5.41) is 2.90. The molecule has 2 aromatic carbocycles. The zero-order valence-corrected chi connectivity index (χ0v) is 15.4. The maximum atomic E-state index is 12.6. The minimum atomic E-state index is -0.125. The second kappa shape index (κ2) is 7.74. The topological polar surface area (TPSA) is 49.4 Å². The van der Waals surface area contributed by atoms with Crippen LogP contribution in [-0.4, -0.2) is 24.1 Å². The van der Waals surface area contributed by atoms with Gasteiger partial charge in [0.2, 0.25) is 11.8 Å². The van der Waals surface area contributed by atoms with Gasteiger partial charge in [0.25, 0.3) is 0 Å². The van der Waals surface area contributed by atoms with Crippen molar-refractivity contribution in [3.63, 3.8) is 0 Å². The number of hydrogen-bond acceptors (Lipinski definition) is 3. The van der Waals surface area contributed by atoms with Crippen LogP contribution in [0.3, 0.4) is 0 Å². The minimum Gasteiger partial charge on any atom is -0.326 e. The number of benzene rings is 2. The Morgan fingerprint density at radius 3 is 2.72 bits per heavy atom. The van der Waals surface area contributed by atoms with E-state index in [0.717, 1.165) is 33.2 Å². The molecular formula is C20H22N2O2S. The number of amides is 2. The SMILES string of the molecule is Cc1ccc(NC(=O)CCC(=O)N2CCSc3ccccc32)c(C)c1. The van der Waals surface area contributed by atoms with E-state index < -0.39 is 0 Å². The summed E-state index contributed by atoms with van der Waals surface area (Å²) in [7, 11) is 0. The number of anilines is 2. The van der Waals surface area contributed by atoms with Crippen molar-refractivity contribution in [1.82, 2.24) is 0 Å². The van der Waals surface area contributed by atoms with Crippen LogP contribution >= 0.6 is 11.8 Å². The normalized spacial score (nSPS) is 13.3. The highest BCUT2D eigenvalue weighted by atomic mass is 32.2. The van der Waals surface area contributed by atoms with Crippen molar-refractivity contribution in [3.8, 4) is 0 Å². The van der Waals surface area contributed by atoms with E-state index in [1.165, 1.54) is 0 Å². The van der Waals surface area contributed by atoms with Gasteiger partial charge in [0, 0.05) is 35.7 Å². The number of hydrogen-bond donors (Lipinski definition) is 1. The van der Waals surface area contributed by atoms with Gasteiger partial charge in [-0.3, -0.25) is 9.59 Å². The highest BCUT2D eigenvalue weighted by molar-refractivity contribution is 7.99. The average Bonchev–Trinajstić information content (AvgIpc) is 2.61. The molecule has 1 aliphatic rings. The lowest BCUT2D eigenvalue weighted by Gasteiger charge is -2.29. The first-order valence-electron chi connectivity index (χ1n) is 8.44. The van der Waals surface area contributed by atoms with Gasteiger partial charge in [0.1, 0.15) is 0 Å². The Hall–Kier alpha value is -2.27. The van der Waals surface area contributed by atoms with Crippen LogP contribution in [0.1, 0.15) is 24.0 Å². The van der Waals surface area contributed by atoms with Gasteiger partial charge in [-0.2, -0.15) is 0 Å². The monoisotopic (exact) mass is 354 g/mol. The third-order valence-corrected chi connectivity index (χ3v) is 5.29. The van der Waals surface area contributed by atoms with Crippen LogP contribution in [0.15, 0.2) is 47.4 Å². The Balaban J connectivity index is 1.58. The van der Waals surface area contributed by atoms with Crippen molar-refractivity contribution in [2.24, 2.45) is 0 Å². The van der Waals surface area contributed by atoms with Crippen LogP contribution in [0, 0.1) is 13.8 Å². The molecule has 1 heterocycles. The number of aryl methyl sites for hydroxylation is 2. The second-order valence-electron chi connectivity index (χ2n) is 6.23. The first-order chi connectivity index (χ1) is 12.0. The Bertz CT molecular complexity index is 804. The second-order valence-corrected chi connectivity index (χ2v) is 7.36. The van der Waals surface area contributed by atoms with E-state index in [0.29, 0.717) is 6.54 Å². The molecule has 1 N–H and O–H groups in total. The Morgan fingerprint density at radius 2 is 1.92 bits per heavy atom. The number of fused-ring (bicyclic) bond motifs is 1. The molecule has 0 saturated carbocycles. The molecule has 1 aliphatic heterocycles. The molecule has 0 saturated heterocycles.